The van der Waals surface area contributed by atoms with Gasteiger partial charge in [-0.25, -0.2) is 9.18 Å². The number of benzene rings is 1. The van der Waals surface area contributed by atoms with Crippen LogP contribution in [0, 0.1) is 15.9 Å². The van der Waals surface area contributed by atoms with Gasteiger partial charge in [-0.15, -0.1) is 0 Å². The predicted molar refractivity (Wildman–Crippen MR) is 100.0 cm³/mol. The number of amides is 1. The van der Waals surface area contributed by atoms with E-state index in [1.807, 2.05) is 13.8 Å². The molecular weight excluding hydrogens is 409 g/mol. The van der Waals surface area contributed by atoms with Gasteiger partial charge in [-0.05, 0) is 50.5 Å². The van der Waals surface area contributed by atoms with Gasteiger partial charge in [0.25, 0.3) is 5.69 Å². The summed E-state index contributed by atoms with van der Waals surface area (Å²) in [7, 11) is 0. The third-order valence-corrected chi connectivity index (χ3v) is 4.69. The van der Waals surface area contributed by atoms with E-state index in [1.54, 1.807) is 30.6 Å². The number of ether oxygens (including phenoxy) is 1. The third kappa shape index (κ3) is 4.44. The summed E-state index contributed by atoms with van der Waals surface area (Å²) in [4.78, 5) is 26.7. The summed E-state index contributed by atoms with van der Waals surface area (Å²) < 4.78 is 19.5. The van der Waals surface area contributed by atoms with Gasteiger partial charge in [0.05, 0.1) is 21.5 Å². The van der Waals surface area contributed by atoms with Gasteiger partial charge in [0, 0.05) is 25.2 Å². The Morgan fingerprint density at radius 3 is 2.31 bits per heavy atom. The van der Waals surface area contributed by atoms with Crippen molar-refractivity contribution < 1.29 is 18.8 Å². The second-order valence-electron chi connectivity index (χ2n) is 7.50. The van der Waals surface area contributed by atoms with E-state index in [0.29, 0.717) is 13.1 Å². The van der Waals surface area contributed by atoms with Crippen molar-refractivity contribution in [2.45, 2.75) is 52.3 Å². The molecule has 0 saturated carbocycles. The molecule has 26 heavy (non-hydrogen) atoms. The van der Waals surface area contributed by atoms with Crippen LogP contribution in [0.25, 0.3) is 0 Å². The van der Waals surface area contributed by atoms with Crippen LogP contribution in [-0.4, -0.2) is 46.7 Å². The van der Waals surface area contributed by atoms with Crippen molar-refractivity contribution in [3.05, 3.63) is 32.5 Å². The predicted octanol–water partition coefficient (Wildman–Crippen LogP) is 4.33. The molecule has 7 nitrogen and oxygen atoms in total. The number of nitro groups is 1. The fourth-order valence-electron chi connectivity index (χ4n) is 3.12. The smallest absolute Gasteiger partial charge is 0.410 e. The van der Waals surface area contributed by atoms with Crippen LogP contribution in [0.5, 0.6) is 0 Å². The van der Waals surface area contributed by atoms with E-state index < -0.39 is 22.4 Å². The van der Waals surface area contributed by atoms with Gasteiger partial charge in [0.2, 0.25) is 0 Å². The fraction of sp³-hybridized carbons (Fsp3) is 0.588. The molecule has 2 atom stereocenters. The first kappa shape index (κ1) is 20.4. The zero-order valence-electron chi connectivity index (χ0n) is 15.5. The van der Waals surface area contributed by atoms with Crippen LogP contribution < -0.4 is 4.90 Å². The van der Waals surface area contributed by atoms with Gasteiger partial charge in [0.1, 0.15) is 17.1 Å². The minimum Gasteiger partial charge on any atom is -0.444 e. The topological polar surface area (TPSA) is 75.9 Å². The molecule has 0 unspecified atom stereocenters. The number of halogens is 2. The first-order chi connectivity index (χ1) is 11.9. The summed E-state index contributed by atoms with van der Waals surface area (Å²) >= 11 is 2.99. The van der Waals surface area contributed by atoms with Crippen LogP contribution in [0.3, 0.4) is 0 Å². The van der Waals surface area contributed by atoms with Gasteiger partial charge in [-0.2, -0.15) is 0 Å². The van der Waals surface area contributed by atoms with Gasteiger partial charge >= 0.3 is 6.09 Å². The largest absolute Gasteiger partial charge is 0.444 e. The van der Waals surface area contributed by atoms with Crippen LogP contribution in [-0.2, 0) is 4.74 Å². The molecule has 2 rings (SSSR count). The molecule has 0 radical (unpaired) electrons. The average Bonchev–Trinajstić information content (AvgIpc) is 2.46. The van der Waals surface area contributed by atoms with Gasteiger partial charge in [-0.3, -0.25) is 15.0 Å². The first-order valence-corrected chi connectivity index (χ1v) is 9.09. The number of nitrogens with zero attached hydrogens (tertiary/aromatic N) is 3. The maximum absolute atomic E-state index is 14.0. The average molecular weight is 432 g/mol. The van der Waals surface area contributed by atoms with Gasteiger partial charge in [-0.1, -0.05) is 0 Å². The van der Waals surface area contributed by atoms with E-state index in [0.717, 1.165) is 6.07 Å². The van der Waals surface area contributed by atoms with Crippen molar-refractivity contribution in [1.82, 2.24) is 4.90 Å². The monoisotopic (exact) mass is 431 g/mol. The minimum atomic E-state index is -0.610. The highest BCUT2D eigenvalue weighted by Crippen LogP contribution is 2.35. The van der Waals surface area contributed by atoms with E-state index in [4.69, 9.17) is 4.74 Å². The first-order valence-electron chi connectivity index (χ1n) is 8.30. The molecule has 1 aromatic carbocycles. The molecule has 144 valence electrons. The normalized spacial score (nSPS) is 20.9. The van der Waals surface area contributed by atoms with Gasteiger partial charge in [0.15, 0.2) is 0 Å². The Morgan fingerprint density at radius 1 is 1.31 bits per heavy atom. The number of hydrogen-bond acceptors (Lipinski definition) is 5. The molecule has 1 aliphatic heterocycles. The second-order valence-corrected chi connectivity index (χ2v) is 8.36. The molecule has 0 bridgehead atoms. The number of rotatable bonds is 2. The molecule has 0 spiro atoms. The lowest BCUT2D eigenvalue weighted by Crippen LogP contribution is -2.59. The number of piperazine rings is 1. The quantitative estimate of drug-likeness (QED) is 0.514. The lowest BCUT2D eigenvalue weighted by Gasteiger charge is -2.45. The Morgan fingerprint density at radius 2 is 1.85 bits per heavy atom. The van der Waals surface area contributed by atoms with E-state index in [2.05, 4.69) is 15.9 Å². The lowest BCUT2D eigenvalue weighted by atomic mass is 10.1. The third-order valence-electron chi connectivity index (χ3n) is 4.08. The maximum Gasteiger partial charge on any atom is 0.410 e. The van der Waals surface area contributed by atoms with E-state index in [9.17, 15) is 19.3 Å². The molecule has 1 saturated heterocycles. The summed E-state index contributed by atoms with van der Waals surface area (Å²) in [5.41, 5.74) is -0.581. The molecule has 1 heterocycles. The Labute approximate surface area is 160 Å². The van der Waals surface area contributed by atoms with Crippen LogP contribution >= 0.6 is 15.9 Å². The van der Waals surface area contributed by atoms with E-state index in [1.165, 1.54) is 6.07 Å². The van der Waals surface area contributed by atoms with Crippen LogP contribution in [0.15, 0.2) is 16.6 Å². The second kappa shape index (κ2) is 7.38. The van der Waals surface area contributed by atoms with Gasteiger partial charge < -0.3 is 9.64 Å². The van der Waals surface area contributed by atoms with Crippen molar-refractivity contribution in [3.8, 4) is 0 Å². The molecule has 1 amide bonds. The molecule has 0 aromatic heterocycles. The minimum absolute atomic E-state index is 0.0430. The van der Waals surface area contributed by atoms with Crippen molar-refractivity contribution in [2.75, 3.05) is 18.0 Å². The molecule has 1 fully saturated rings. The number of hydrogen-bond donors (Lipinski definition) is 0. The van der Waals surface area contributed by atoms with Crippen molar-refractivity contribution >= 4 is 33.4 Å². The standard InChI is InChI=1S/C17H23BrFN3O4/c1-10-8-20(9-11(2)21(10)16(23)26-17(3,4)5)14-7-13(19)12(18)6-15(14)22(24)25/h6-7,10-11H,8-9H2,1-5H3/t10-,11+. The number of carbonyl (C=O) groups excluding carboxylic acids is 1. The zero-order chi connectivity index (χ0) is 19.8. The van der Waals surface area contributed by atoms with Crippen molar-refractivity contribution in [2.24, 2.45) is 0 Å². The molecule has 0 N–H and O–H groups in total. The van der Waals surface area contributed by atoms with E-state index in [-0.39, 0.29) is 27.9 Å². The van der Waals surface area contributed by atoms with Crippen molar-refractivity contribution in [1.29, 1.82) is 0 Å². The summed E-state index contributed by atoms with van der Waals surface area (Å²) in [6.45, 7) is 9.75. The van der Waals surface area contributed by atoms with Crippen LogP contribution in [0.1, 0.15) is 34.6 Å². The van der Waals surface area contributed by atoms with Crippen LogP contribution in [0.4, 0.5) is 20.6 Å². The zero-order valence-corrected chi connectivity index (χ0v) is 17.0. The molecule has 9 heteroatoms. The summed E-state index contributed by atoms with van der Waals surface area (Å²) in [5, 5.41) is 11.4. The highest BCUT2D eigenvalue weighted by Gasteiger charge is 2.37. The molecule has 1 aromatic rings. The number of carbonyl (C=O) groups is 1. The van der Waals surface area contributed by atoms with E-state index >= 15 is 0 Å². The SMILES string of the molecule is C[C@@H]1CN(c2cc(F)c(Br)cc2[N+](=O)[O-])C[C@H](C)N1C(=O)OC(C)(C)C. The highest BCUT2D eigenvalue weighted by molar-refractivity contribution is 9.10. The maximum atomic E-state index is 14.0. The Kier molecular flexibility index (Phi) is 5.79. The van der Waals surface area contributed by atoms with Crippen molar-refractivity contribution in [3.63, 3.8) is 0 Å². The lowest BCUT2D eigenvalue weighted by molar-refractivity contribution is -0.384. The molecule has 0 aliphatic carbocycles. The number of anilines is 1. The Hall–Kier alpha value is -1.90. The summed E-state index contributed by atoms with van der Waals surface area (Å²) in [6, 6.07) is 1.82. The fourth-order valence-corrected chi connectivity index (χ4v) is 3.45. The summed E-state index contributed by atoms with van der Waals surface area (Å²) in [5.74, 6) is -0.569. The molecular formula is C17H23BrFN3O4. The Balaban J connectivity index is 2.28. The Bertz CT molecular complexity index is 711. The highest BCUT2D eigenvalue weighted by atomic mass is 79.9. The number of nitro benzene ring substituents is 1. The van der Waals surface area contributed by atoms with Crippen LogP contribution in [0.2, 0.25) is 0 Å². The summed E-state index contributed by atoms with van der Waals surface area (Å²) in [6.07, 6.45) is -0.423. The molecule has 1 aliphatic rings.